The Bertz CT molecular complexity index is 365. The fourth-order valence-electron chi connectivity index (χ4n) is 1.69. The zero-order valence-electron chi connectivity index (χ0n) is 8.58. The molecule has 2 rings (SSSR count). The van der Waals surface area contributed by atoms with Gasteiger partial charge in [-0.15, -0.1) is 18.3 Å². The van der Waals surface area contributed by atoms with Crippen molar-refractivity contribution >= 4 is 29.1 Å². The predicted octanol–water partition coefficient (Wildman–Crippen LogP) is 4.18. The highest BCUT2D eigenvalue weighted by Gasteiger charge is 2.18. The van der Waals surface area contributed by atoms with Crippen molar-refractivity contribution in [3.8, 4) is 0 Å². The quantitative estimate of drug-likeness (QED) is 0.573. The smallest absolute Gasteiger partial charge is 0.0686 e. The molecule has 0 spiro atoms. The molecule has 15 heavy (non-hydrogen) atoms. The first-order valence-electron chi connectivity index (χ1n) is 5.09. The highest BCUT2D eigenvalue weighted by molar-refractivity contribution is 7.99. The van der Waals surface area contributed by atoms with Crippen LogP contribution in [0.5, 0.6) is 0 Å². The van der Waals surface area contributed by atoms with Crippen LogP contribution in [0.3, 0.4) is 0 Å². The van der Waals surface area contributed by atoms with E-state index in [0.717, 1.165) is 30.3 Å². The van der Waals surface area contributed by atoms with E-state index < -0.39 is 0 Å². The third kappa shape index (κ3) is 2.50. The zero-order valence-corrected chi connectivity index (χ0v) is 10.2. The summed E-state index contributed by atoms with van der Waals surface area (Å²) in [6.07, 6.45) is 4.22. The minimum atomic E-state index is 0.824. The Morgan fingerprint density at radius 1 is 1.53 bits per heavy atom. The largest absolute Gasteiger partial charge is 0.361 e. The maximum absolute atomic E-state index is 6.00. The normalized spacial score (nSPS) is 14.1. The molecule has 1 aliphatic rings. The molecule has 0 saturated heterocycles. The first-order valence-corrected chi connectivity index (χ1v) is 6.46. The van der Waals surface area contributed by atoms with Crippen LogP contribution in [0.15, 0.2) is 35.7 Å². The molecule has 0 N–H and O–H groups in total. The first kappa shape index (κ1) is 10.9. The van der Waals surface area contributed by atoms with Crippen molar-refractivity contribution in [2.75, 3.05) is 17.3 Å². The van der Waals surface area contributed by atoms with Crippen LogP contribution in [0.2, 0.25) is 5.02 Å². The molecular weight excluding hydrogens is 226 g/mol. The third-order valence-corrected chi connectivity index (χ3v) is 3.81. The van der Waals surface area contributed by atoms with E-state index >= 15 is 0 Å². The van der Waals surface area contributed by atoms with E-state index in [2.05, 4.69) is 23.6 Å². The second kappa shape index (κ2) is 4.95. The number of fused-ring (bicyclic) bond motifs is 1. The van der Waals surface area contributed by atoms with E-state index in [-0.39, 0.29) is 0 Å². The van der Waals surface area contributed by atoms with Crippen molar-refractivity contribution in [2.24, 2.45) is 0 Å². The van der Waals surface area contributed by atoms with Gasteiger partial charge >= 0.3 is 0 Å². The van der Waals surface area contributed by atoms with Crippen molar-refractivity contribution in [1.82, 2.24) is 0 Å². The van der Waals surface area contributed by atoms with E-state index in [1.807, 2.05) is 23.9 Å². The Kier molecular flexibility index (Phi) is 3.60. The van der Waals surface area contributed by atoms with Gasteiger partial charge < -0.3 is 4.90 Å². The molecule has 0 bridgehead atoms. The molecule has 3 heteroatoms. The second-order valence-corrected chi connectivity index (χ2v) is 5.00. The summed E-state index contributed by atoms with van der Waals surface area (Å²) < 4.78 is 0. The van der Waals surface area contributed by atoms with Gasteiger partial charge in [-0.1, -0.05) is 17.7 Å². The second-order valence-electron chi connectivity index (χ2n) is 3.58. The molecule has 0 unspecified atom stereocenters. The molecule has 0 fully saturated rings. The van der Waals surface area contributed by atoms with E-state index in [9.17, 15) is 0 Å². The number of nitrogens with zero attached hydrogens (tertiary/aromatic N) is 1. The van der Waals surface area contributed by atoms with Crippen molar-refractivity contribution in [1.29, 1.82) is 0 Å². The number of allylic oxidation sites excluding steroid dienone is 1. The number of thioether (sulfide) groups is 1. The lowest BCUT2D eigenvalue weighted by Gasteiger charge is -2.17. The Hall–Kier alpha value is -0.600. The molecular formula is C12H14ClNS. The summed E-state index contributed by atoms with van der Waals surface area (Å²) in [5.41, 5.74) is 1.29. The maximum atomic E-state index is 6.00. The van der Waals surface area contributed by atoms with Crippen LogP contribution in [0.1, 0.15) is 12.8 Å². The average Bonchev–Trinajstić information content (AvgIpc) is 2.62. The van der Waals surface area contributed by atoms with Crippen LogP contribution in [-0.4, -0.2) is 12.4 Å². The summed E-state index contributed by atoms with van der Waals surface area (Å²) in [5, 5.41) is 0.824. The van der Waals surface area contributed by atoms with Crippen molar-refractivity contribution in [2.45, 2.75) is 17.7 Å². The van der Waals surface area contributed by atoms with Crippen LogP contribution in [0.25, 0.3) is 0 Å². The van der Waals surface area contributed by atoms with Gasteiger partial charge in [0.15, 0.2) is 0 Å². The molecule has 0 aliphatic carbocycles. The van der Waals surface area contributed by atoms with Crippen LogP contribution < -0.4 is 4.90 Å². The fourth-order valence-corrected chi connectivity index (χ4v) is 2.92. The minimum Gasteiger partial charge on any atom is -0.361 e. The molecule has 0 atom stereocenters. The van der Waals surface area contributed by atoms with Crippen LogP contribution in [0.4, 0.5) is 5.69 Å². The lowest BCUT2D eigenvalue weighted by atomic mass is 10.2. The standard InChI is InChI=1S/C12H14ClNS/c1-2-3-4-7-14-9-15-12-6-5-10(13)8-11(12)14/h2,5-6,8H,1,3-4,7,9H2. The molecule has 0 amide bonds. The van der Waals surface area contributed by atoms with Gasteiger partial charge in [-0.3, -0.25) is 0 Å². The molecule has 1 heterocycles. The van der Waals surface area contributed by atoms with Gasteiger partial charge in [0.1, 0.15) is 0 Å². The SMILES string of the molecule is C=CCCCN1CSc2ccc(Cl)cc21. The Balaban J connectivity index is 2.06. The number of hydrogen-bond donors (Lipinski definition) is 0. The highest BCUT2D eigenvalue weighted by atomic mass is 35.5. The Morgan fingerprint density at radius 3 is 3.20 bits per heavy atom. The third-order valence-electron chi connectivity index (χ3n) is 2.47. The maximum Gasteiger partial charge on any atom is 0.0686 e. The number of hydrogen-bond acceptors (Lipinski definition) is 2. The highest BCUT2D eigenvalue weighted by Crippen LogP contribution is 2.39. The zero-order chi connectivity index (χ0) is 10.7. The summed E-state index contributed by atoms with van der Waals surface area (Å²) in [4.78, 5) is 3.73. The molecule has 1 aromatic rings. The molecule has 0 radical (unpaired) electrons. The summed E-state index contributed by atoms with van der Waals surface area (Å²) in [6.45, 7) is 4.83. The number of halogens is 1. The summed E-state index contributed by atoms with van der Waals surface area (Å²) in [6, 6.07) is 6.13. The first-order chi connectivity index (χ1) is 7.31. The van der Waals surface area contributed by atoms with Gasteiger partial charge in [-0.2, -0.15) is 0 Å². The van der Waals surface area contributed by atoms with Crippen molar-refractivity contribution in [3.63, 3.8) is 0 Å². The minimum absolute atomic E-state index is 0.824. The lowest BCUT2D eigenvalue weighted by Crippen LogP contribution is -2.20. The predicted molar refractivity (Wildman–Crippen MR) is 69.0 cm³/mol. The molecule has 80 valence electrons. The van der Waals surface area contributed by atoms with Gasteiger partial charge in [0.2, 0.25) is 0 Å². The van der Waals surface area contributed by atoms with E-state index in [1.54, 1.807) is 0 Å². The topological polar surface area (TPSA) is 3.24 Å². The Morgan fingerprint density at radius 2 is 2.40 bits per heavy atom. The average molecular weight is 240 g/mol. The van der Waals surface area contributed by atoms with Gasteiger partial charge in [0.25, 0.3) is 0 Å². The van der Waals surface area contributed by atoms with E-state index in [1.165, 1.54) is 10.6 Å². The van der Waals surface area contributed by atoms with Crippen molar-refractivity contribution < 1.29 is 0 Å². The van der Waals surface area contributed by atoms with Gasteiger partial charge in [-0.05, 0) is 31.0 Å². The molecule has 1 aromatic carbocycles. The van der Waals surface area contributed by atoms with Crippen LogP contribution in [0, 0.1) is 0 Å². The number of benzene rings is 1. The Labute approximate surface area is 100 Å². The molecule has 0 saturated carbocycles. The van der Waals surface area contributed by atoms with Crippen LogP contribution >= 0.6 is 23.4 Å². The lowest BCUT2D eigenvalue weighted by molar-refractivity contribution is 0.795. The van der Waals surface area contributed by atoms with Gasteiger partial charge in [-0.25, -0.2) is 0 Å². The number of anilines is 1. The number of rotatable bonds is 4. The monoisotopic (exact) mass is 239 g/mol. The van der Waals surface area contributed by atoms with Crippen molar-refractivity contribution in [3.05, 3.63) is 35.9 Å². The molecule has 1 nitrogen and oxygen atoms in total. The van der Waals surface area contributed by atoms with E-state index in [0.29, 0.717) is 0 Å². The summed E-state index contributed by atoms with van der Waals surface area (Å²) in [5.74, 6) is 1.05. The van der Waals surface area contributed by atoms with Crippen LogP contribution in [-0.2, 0) is 0 Å². The number of unbranched alkanes of at least 4 members (excludes halogenated alkanes) is 1. The molecule has 1 aliphatic heterocycles. The van der Waals surface area contributed by atoms with Gasteiger partial charge in [0.05, 0.1) is 11.6 Å². The van der Waals surface area contributed by atoms with E-state index in [4.69, 9.17) is 11.6 Å². The fraction of sp³-hybridized carbons (Fsp3) is 0.333. The molecule has 0 aromatic heterocycles. The summed E-state index contributed by atoms with van der Waals surface area (Å²) in [7, 11) is 0. The van der Waals surface area contributed by atoms with Gasteiger partial charge in [0, 0.05) is 16.5 Å². The summed E-state index contributed by atoms with van der Waals surface area (Å²) >= 11 is 7.88.